The maximum atomic E-state index is 5.08. The Bertz CT molecular complexity index is 603. The Hall–Kier alpha value is -1.66. The lowest BCUT2D eigenvalue weighted by atomic mass is 10.2. The van der Waals surface area contributed by atoms with Gasteiger partial charge in [-0.2, -0.15) is 9.61 Å². The van der Waals surface area contributed by atoms with Gasteiger partial charge in [0.2, 0.25) is 0 Å². The first-order valence-corrected chi connectivity index (χ1v) is 7.61. The number of fused-ring (bicyclic) bond motifs is 1. The average molecular weight is 289 g/mol. The molecule has 1 saturated heterocycles. The largest absolute Gasteiger partial charge is 0.385 e. The number of nitrogens with one attached hydrogen (secondary N) is 2. The van der Waals surface area contributed by atoms with Gasteiger partial charge in [-0.05, 0) is 32.7 Å². The van der Waals surface area contributed by atoms with E-state index in [2.05, 4.69) is 21.7 Å². The van der Waals surface area contributed by atoms with E-state index in [1.165, 1.54) is 6.42 Å². The van der Waals surface area contributed by atoms with E-state index in [4.69, 9.17) is 9.84 Å². The van der Waals surface area contributed by atoms with Gasteiger partial charge in [0.15, 0.2) is 5.65 Å². The van der Waals surface area contributed by atoms with Gasteiger partial charge in [0, 0.05) is 38.1 Å². The van der Waals surface area contributed by atoms with Crippen LogP contribution in [0.1, 0.15) is 36.7 Å². The van der Waals surface area contributed by atoms with E-state index in [1.54, 1.807) is 7.11 Å². The monoisotopic (exact) mass is 289 g/mol. The van der Waals surface area contributed by atoms with Crippen LogP contribution in [0.4, 0.5) is 5.82 Å². The molecular weight excluding hydrogens is 266 g/mol. The molecule has 1 fully saturated rings. The molecule has 21 heavy (non-hydrogen) atoms. The maximum absolute atomic E-state index is 5.08. The Morgan fingerprint density at radius 3 is 3.14 bits per heavy atom. The average Bonchev–Trinajstić information content (AvgIpc) is 3.11. The number of rotatable bonds is 6. The number of anilines is 1. The lowest BCUT2D eigenvalue weighted by Crippen LogP contribution is -2.14. The van der Waals surface area contributed by atoms with Crippen LogP contribution < -0.4 is 10.6 Å². The van der Waals surface area contributed by atoms with Crippen LogP contribution in [0.3, 0.4) is 0 Å². The fourth-order valence-corrected chi connectivity index (χ4v) is 2.78. The fourth-order valence-electron chi connectivity index (χ4n) is 2.78. The zero-order valence-corrected chi connectivity index (χ0v) is 12.7. The van der Waals surface area contributed by atoms with Crippen molar-refractivity contribution in [2.45, 2.75) is 32.2 Å². The van der Waals surface area contributed by atoms with E-state index in [-0.39, 0.29) is 0 Å². The van der Waals surface area contributed by atoms with Crippen molar-refractivity contribution in [2.75, 3.05) is 32.1 Å². The maximum Gasteiger partial charge on any atom is 0.157 e. The molecule has 0 saturated carbocycles. The number of nitrogens with zero attached hydrogens (tertiary/aromatic N) is 3. The molecule has 2 aromatic rings. The van der Waals surface area contributed by atoms with E-state index in [9.17, 15) is 0 Å². The van der Waals surface area contributed by atoms with E-state index in [1.807, 2.05) is 17.5 Å². The first-order chi connectivity index (χ1) is 10.3. The normalized spacial score (nSPS) is 18.5. The number of ether oxygens (including phenoxy) is 1. The Morgan fingerprint density at radius 2 is 2.38 bits per heavy atom. The highest BCUT2D eigenvalue weighted by molar-refractivity contribution is 5.50. The van der Waals surface area contributed by atoms with Gasteiger partial charge in [-0.3, -0.25) is 0 Å². The molecule has 1 unspecified atom stereocenters. The molecule has 0 aliphatic carbocycles. The minimum Gasteiger partial charge on any atom is -0.385 e. The van der Waals surface area contributed by atoms with Crippen LogP contribution >= 0.6 is 0 Å². The van der Waals surface area contributed by atoms with Gasteiger partial charge in [-0.25, -0.2) is 4.98 Å². The van der Waals surface area contributed by atoms with Crippen molar-refractivity contribution in [3.63, 3.8) is 0 Å². The molecule has 0 spiro atoms. The molecule has 2 aromatic heterocycles. The molecule has 1 aliphatic rings. The van der Waals surface area contributed by atoms with Crippen molar-refractivity contribution >= 4 is 11.5 Å². The van der Waals surface area contributed by atoms with Gasteiger partial charge in [0.05, 0.1) is 11.7 Å². The molecule has 0 amide bonds. The fraction of sp³-hybridized carbons (Fsp3) is 0.600. The number of methoxy groups -OCH3 is 1. The number of aromatic nitrogens is 3. The second-order valence-electron chi connectivity index (χ2n) is 5.54. The topological polar surface area (TPSA) is 63.5 Å². The minimum atomic E-state index is 0.369. The molecule has 114 valence electrons. The molecule has 0 radical (unpaired) electrons. The molecule has 6 nitrogen and oxygen atoms in total. The Balaban J connectivity index is 1.84. The number of hydrogen-bond donors (Lipinski definition) is 2. The Kier molecular flexibility index (Phi) is 4.36. The SMILES string of the molecule is COCCCNc1cc(C)nc2cc(C3CCCN3)nn12. The molecular formula is C15H23N5O. The second-order valence-corrected chi connectivity index (χ2v) is 5.54. The molecule has 1 atom stereocenters. The second kappa shape index (κ2) is 6.41. The summed E-state index contributed by atoms with van der Waals surface area (Å²) in [7, 11) is 1.73. The summed E-state index contributed by atoms with van der Waals surface area (Å²) in [5.74, 6) is 0.998. The quantitative estimate of drug-likeness (QED) is 0.795. The van der Waals surface area contributed by atoms with Crippen molar-refractivity contribution in [2.24, 2.45) is 0 Å². The summed E-state index contributed by atoms with van der Waals surface area (Å²) in [5.41, 5.74) is 3.00. The van der Waals surface area contributed by atoms with E-state index < -0.39 is 0 Å². The first-order valence-electron chi connectivity index (χ1n) is 7.61. The zero-order chi connectivity index (χ0) is 14.7. The molecule has 3 heterocycles. The van der Waals surface area contributed by atoms with Crippen LogP contribution in [-0.4, -0.2) is 41.4 Å². The van der Waals surface area contributed by atoms with E-state index >= 15 is 0 Å². The summed E-state index contributed by atoms with van der Waals surface area (Å²) < 4.78 is 6.99. The number of hydrogen-bond acceptors (Lipinski definition) is 5. The lowest BCUT2D eigenvalue weighted by molar-refractivity contribution is 0.197. The summed E-state index contributed by atoms with van der Waals surface area (Å²) in [6.45, 7) is 4.72. The molecule has 2 N–H and O–H groups in total. The number of aryl methyl sites for hydroxylation is 1. The third-order valence-electron chi connectivity index (χ3n) is 3.82. The molecule has 1 aliphatic heterocycles. The standard InChI is InChI=1S/C15H23N5O/c1-11-9-14(17-7-4-8-21-2)20-15(18-11)10-13(19-20)12-5-3-6-16-12/h9-10,12,16-17H,3-8H2,1-2H3. The third kappa shape index (κ3) is 3.16. The Morgan fingerprint density at radius 1 is 1.48 bits per heavy atom. The zero-order valence-electron chi connectivity index (χ0n) is 12.7. The van der Waals surface area contributed by atoms with Crippen LogP contribution in [-0.2, 0) is 4.74 Å². The predicted octanol–water partition coefficient (Wildman–Crippen LogP) is 1.91. The summed E-state index contributed by atoms with van der Waals surface area (Å²) in [5, 5.41) is 11.6. The van der Waals surface area contributed by atoms with Crippen LogP contribution in [0.5, 0.6) is 0 Å². The van der Waals surface area contributed by atoms with Crippen LogP contribution in [0.2, 0.25) is 0 Å². The highest BCUT2D eigenvalue weighted by atomic mass is 16.5. The van der Waals surface area contributed by atoms with E-state index in [0.29, 0.717) is 6.04 Å². The van der Waals surface area contributed by atoms with Gasteiger partial charge in [0.1, 0.15) is 5.82 Å². The van der Waals surface area contributed by atoms with Crippen molar-refractivity contribution in [3.05, 3.63) is 23.5 Å². The van der Waals surface area contributed by atoms with Crippen molar-refractivity contribution < 1.29 is 4.74 Å². The van der Waals surface area contributed by atoms with Gasteiger partial charge < -0.3 is 15.4 Å². The third-order valence-corrected chi connectivity index (χ3v) is 3.82. The first kappa shape index (κ1) is 14.3. The molecule has 3 rings (SSSR count). The van der Waals surface area contributed by atoms with Gasteiger partial charge in [-0.15, -0.1) is 0 Å². The molecule has 0 bridgehead atoms. The van der Waals surface area contributed by atoms with Crippen molar-refractivity contribution in [3.8, 4) is 0 Å². The summed E-state index contributed by atoms with van der Waals surface area (Å²) >= 11 is 0. The van der Waals surface area contributed by atoms with Crippen molar-refractivity contribution in [1.82, 2.24) is 19.9 Å². The predicted molar refractivity (Wildman–Crippen MR) is 82.7 cm³/mol. The van der Waals surface area contributed by atoms with Crippen LogP contribution in [0, 0.1) is 6.92 Å². The molecule has 0 aromatic carbocycles. The van der Waals surface area contributed by atoms with Crippen LogP contribution in [0.25, 0.3) is 5.65 Å². The van der Waals surface area contributed by atoms with Crippen molar-refractivity contribution in [1.29, 1.82) is 0 Å². The molecule has 6 heteroatoms. The summed E-state index contributed by atoms with van der Waals surface area (Å²) in [4.78, 5) is 4.58. The van der Waals surface area contributed by atoms with Gasteiger partial charge >= 0.3 is 0 Å². The highest BCUT2D eigenvalue weighted by Crippen LogP contribution is 2.24. The van der Waals surface area contributed by atoms with Crippen LogP contribution in [0.15, 0.2) is 12.1 Å². The minimum absolute atomic E-state index is 0.369. The smallest absolute Gasteiger partial charge is 0.157 e. The highest BCUT2D eigenvalue weighted by Gasteiger charge is 2.20. The lowest BCUT2D eigenvalue weighted by Gasteiger charge is -2.09. The summed E-state index contributed by atoms with van der Waals surface area (Å²) in [6, 6.07) is 4.50. The van der Waals surface area contributed by atoms with Gasteiger partial charge in [0.25, 0.3) is 0 Å². The van der Waals surface area contributed by atoms with E-state index in [0.717, 1.165) is 55.4 Å². The van der Waals surface area contributed by atoms with Gasteiger partial charge in [-0.1, -0.05) is 0 Å². The summed E-state index contributed by atoms with van der Waals surface area (Å²) in [6.07, 6.45) is 3.34. The Labute approximate surface area is 124 Å².